The van der Waals surface area contributed by atoms with E-state index in [0.29, 0.717) is 11.9 Å². The fourth-order valence-corrected chi connectivity index (χ4v) is 2.60. The molecule has 0 unspecified atom stereocenters. The maximum absolute atomic E-state index is 4.52. The van der Waals surface area contributed by atoms with Gasteiger partial charge in [-0.15, -0.1) is 5.10 Å². The Morgan fingerprint density at radius 1 is 1.13 bits per heavy atom. The summed E-state index contributed by atoms with van der Waals surface area (Å²) in [5.74, 6) is 1.20. The fourth-order valence-electron chi connectivity index (χ4n) is 2.60. The number of nitrogens with one attached hydrogen (secondary N) is 1. The highest BCUT2D eigenvalue weighted by Crippen LogP contribution is 2.25. The van der Waals surface area contributed by atoms with Crippen molar-refractivity contribution in [2.75, 3.05) is 11.9 Å². The Bertz CT molecular complexity index is 965. The molecule has 4 aromatic heterocycles. The van der Waals surface area contributed by atoms with Crippen LogP contribution in [0.25, 0.3) is 22.3 Å². The van der Waals surface area contributed by atoms with Gasteiger partial charge < -0.3 is 9.72 Å². The Morgan fingerprint density at radius 2 is 2.04 bits per heavy atom. The number of aromatic nitrogens is 5. The molecule has 6 nitrogen and oxygen atoms in total. The summed E-state index contributed by atoms with van der Waals surface area (Å²) in [5, 5.41) is 7.77. The smallest absolute Gasteiger partial charge is 0.241 e. The average Bonchev–Trinajstić information content (AvgIpc) is 3.18. The lowest BCUT2D eigenvalue weighted by molar-refractivity contribution is 0.681. The van der Waals surface area contributed by atoms with Crippen molar-refractivity contribution in [2.24, 2.45) is 5.92 Å². The molecule has 0 aliphatic rings. The van der Waals surface area contributed by atoms with Gasteiger partial charge in [0.25, 0.3) is 0 Å². The van der Waals surface area contributed by atoms with E-state index in [-0.39, 0.29) is 0 Å². The molecule has 23 heavy (non-hydrogen) atoms. The van der Waals surface area contributed by atoms with Gasteiger partial charge in [-0.25, -0.2) is 14.5 Å². The van der Waals surface area contributed by atoms with Gasteiger partial charge in [-0.3, -0.25) is 0 Å². The van der Waals surface area contributed by atoms with Crippen molar-refractivity contribution < 1.29 is 0 Å². The molecule has 6 heteroatoms. The predicted molar refractivity (Wildman–Crippen MR) is 90.5 cm³/mol. The van der Waals surface area contributed by atoms with E-state index in [2.05, 4.69) is 52.6 Å². The van der Waals surface area contributed by atoms with Gasteiger partial charge in [-0.1, -0.05) is 13.8 Å². The molecule has 116 valence electrons. The highest BCUT2D eigenvalue weighted by atomic mass is 15.3. The van der Waals surface area contributed by atoms with Gasteiger partial charge >= 0.3 is 0 Å². The second-order valence-electron chi connectivity index (χ2n) is 6.03. The van der Waals surface area contributed by atoms with Crippen LogP contribution in [-0.2, 0) is 0 Å². The summed E-state index contributed by atoms with van der Waals surface area (Å²) in [6.45, 7) is 5.17. The Morgan fingerprint density at radius 3 is 2.91 bits per heavy atom. The molecule has 0 radical (unpaired) electrons. The number of nitrogens with zero attached hydrogens (tertiary/aromatic N) is 5. The summed E-state index contributed by atoms with van der Waals surface area (Å²) in [4.78, 5) is 8.70. The third-order valence-corrected chi connectivity index (χ3v) is 3.78. The minimum Gasteiger partial charge on any atom is -0.353 e. The van der Waals surface area contributed by atoms with Crippen LogP contribution < -0.4 is 5.32 Å². The molecule has 1 N–H and O–H groups in total. The highest BCUT2D eigenvalue weighted by molar-refractivity contribution is 5.80. The van der Waals surface area contributed by atoms with Crippen molar-refractivity contribution in [3.05, 3.63) is 49.2 Å². The van der Waals surface area contributed by atoms with Gasteiger partial charge in [-0.05, 0) is 24.1 Å². The molecule has 4 heterocycles. The number of fused-ring (bicyclic) bond motifs is 2. The van der Waals surface area contributed by atoms with Gasteiger partial charge in [0.05, 0.1) is 11.7 Å². The van der Waals surface area contributed by atoms with Gasteiger partial charge in [0.1, 0.15) is 5.65 Å². The maximum Gasteiger partial charge on any atom is 0.241 e. The first kappa shape index (κ1) is 13.8. The van der Waals surface area contributed by atoms with E-state index in [4.69, 9.17) is 0 Å². The number of hydrogen-bond donors (Lipinski definition) is 1. The Labute approximate surface area is 133 Å². The minimum atomic E-state index is 0.552. The lowest BCUT2D eigenvalue weighted by Crippen LogP contribution is -2.11. The Balaban J connectivity index is 1.72. The SMILES string of the molecule is CC(C)CNc1ncc2c(-c3ccc4nccn4c3)ccn2n1. The summed E-state index contributed by atoms with van der Waals surface area (Å²) < 4.78 is 3.88. The Hall–Kier alpha value is -2.89. The molecular weight excluding hydrogens is 288 g/mol. The van der Waals surface area contributed by atoms with Gasteiger partial charge in [0.15, 0.2) is 0 Å². The lowest BCUT2D eigenvalue weighted by Gasteiger charge is -2.07. The van der Waals surface area contributed by atoms with Crippen LogP contribution in [-0.4, -0.2) is 30.5 Å². The second-order valence-corrected chi connectivity index (χ2v) is 6.03. The third kappa shape index (κ3) is 2.52. The van der Waals surface area contributed by atoms with E-state index < -0.39 is 0 Å². The topological polar surface area (TPSA) is 59.5 Å². The third-order valence-electron chi connectivity index (χ3n) is 3.78. The first-order valence-corrected chi connectivity index (χ1v) is 7.72. The molecule has 0 bridgehead atoms. The van der Waals surface area contributed by atoms with Crippen LogP contribution in [0, 0.1) is 5.92 Å². The second kappa shape index (κ2) is 5.39. The van der Waals surface area contributed by atoms with Crippen molar-refractivity contribution in [1.29, 1.82) is 0 Å². The molecular formula is C17H18N6. The molecule has 0 aliphatic heterocycles. The quantitative estimate of drug-likeness (QED) is 0.629. The molecule has 0 aliphatic carbocycles. The molecule has 0 amide bonds. The fraction of sp³-hybridized carbons (Fsp3) is 0.235. The van der Waals surface area contributed by atoms with Crippen molar-refractivity contribution in [1.82, 2.24) is 24.0 Å². The number of hydrogen-bond acceptors (Lipinski definition) is 4. The lowest BCUT2D eigenvalue weighted by atomic mass is 10.1. The summed E-state index contributed by atoms with van der Waals surface area (Å²) in [6, 6.07) is 6.15. The predicted octanol–water partition coefficient (Wildman–Crippen LogP) is 3.11. The number of rotatable bonds is 4. The van der Waals surface area contributed by atoms with Crippen LogP contribution in [0.15, 0.2) is 49.2 Å². The zero-order valence-electron chi connectivity index (χ0n) is 13.1. The van der Waals surface area contributed by atoms with Crippen LogP contribution in [0.5, 0.6) is 0 Å². The van der Waals surface area contributed by atoms with Crippen LogP contribution in [0.2, 0.25) is 0 Å². The first-order chi connectivity index (χ1) is 11.2. The molecule has 0 aromatic carbocycles. The van der Waals surface area contributed by atoms with E-state index in [9.17, 15) is 0 Å². The van der Waals surface area contributed by atoms with Crippen molar-refractivity contribution in [3.63, 3.8) is 0 Å². The van der Waals surface area contributed by atoms with E-state index >= 15 is 0 Å². The maximum atomic E-state index is 4.52. The molecule has 0 saturated heterocycles. The summed E-state index contributed by atoms with van der Waals surface area (Å²) in [7, 11) is 0. The van der Waals surface area contributed by atoms with Crippen molar-refractivity contribution in [2.45, 2.75) is 13.8 Å². The van der Waals surface area contributed by atoms with Crippen LogP contribution in [0.3, 0.4) is 0 Å². The number of anilines is 1. The van der Waals surface area contributed by atoms with E-state index in [1.54, 1.807) is 6.20 Å². The molecule has 0 saturated carbocycles. The zero-order valence-corrected chi connectivity index (χ0v) is 13.1. The highest BCUT2D eigenvalue weighted by Gasteiger charge is 2.09. The van der Waals surface area contributed by atoms with Gasteiger partial charge in [-0.2, -0.15) is 0 Å². The molecule has 0 atom stereocenters. The largest absolute Gasteiger partial charge is 0.353 e. The summed E-state index contributed by atoms with van der Waals surface area (Å²) in [6.07, 6.45) is 9.64. The zero-order chi connectivity index (χ0) is 15.8. The van der Waals surface area contributed by atoms with Crippen LogP contribution >= 0.6 is 0 Å². The van der Waals surface area contributed by atoms with E-state index in [1.807, 2.05) is 33.6 Å². The van der Waals surface area contributed by atoms with Crippen LogP contribution in [0.4, 0.5) is 5.95 Å². The van der Waals surface area contributed by atoms with E-state index in [0.717, 1.165) is 28.8 Å². The van der Waals surface area contributed by atoms with Crippen LogP contribution in [0.1, 0.15) is 13.8 Å². The monoisotopic (exact) mass is 306 g/mol. The number of pyridine rings is 1. The summed E-state index contributed by atoms with van der Waals surface area (Å²) >= 11 is 0. The Kier molecular flexibility index (Phi) is 3.22. The molecule has 4 rings (SSSR count). The standard InChI is InChI=1S/C17H18N6/c1-12(2)9-19-17-20-10-15-14(5-7-23(15)21-17)13-3-4-16-18-6-8-22(16)11-13/h3-8,10-12H,9H2,1-2H3,(H,19,21). The average molecular weight is 306 g/mol. The minimum absolute atomic E-state index is 0.552. The normalized spacial score (nSPS) is 11.6. The first-order valence-electron chi connectivity index (χ1n) is 7.72. The van der Waals surface area contributed by atoms with Crippen molar-refractivity contribution >= 4 is 17.1 Å². The molecule has 0 fully saturated rings. The van der Waals surface area contributed by atoms with Gasteiger partial charge in [0.2, 0.25) is 5.95 Å². The molecule has 4 aromatic rings. The summed E-state index contributed by atoms with van der Waals surface area (Å²) in [5.41, 5.74) is 4.15. The van der Waals surface area contributed by atoms with Crippen molar-refractivity contribution in [3.8, 4) is 11.1 Å². The molecule has 0 spiro atoms. The number of imidazole rings is 1. The van der Waals surface area contributed by atoms with E-state index in [1.165, 1.54) is 0 Å². The van der Waals surface area contributed by atoms with Gasteiger partial charge in [0, 0.05) is 42.5 Å².